The van der Waals surface area contributed by atoms with E-state index in [-0.39, 0.29) is 5.76 Å². The maximum absolute atomic E-state index is 10.8. The molecule has 0 saturated heterocycles. The Kier molecular flexibility index (Phi) is 6.22. The standard InChI is InChI=1S/C6H6BrNO3.C2H6/c1-10-6(9)4-3-8-5(2-7)11-4;1-2/h3H,2H2,1H3;1-2H3. The fourth-order valence-electron chi connectivity index (χ4n) is 0.567. The van der Waals surface area contributed by atoms with Crippen molar-refractivity contribution in [3.63, 3.8) is 0 Å². The summed E-state index contributed by atoms with van der Waals surface area (Å²) in [6, 6.07) is 0. The molecular formula is C8H12BrNO3. The van der Waals surface area contributed by atoms with E-state index in [0.29, 0.717) is 11.2 Å². The predicted octanol–water partition coefficient (Wildman–Crippen LogP) is 2.38. The molecule has 0 aliphatic carbocycles. The third-order valence-electron chi connectivity index (χ3n) is 1.05. The van der Waals surface area contributed by atoms with Gasteiger partial charge >= 0.3 is 5.97 Å². The number of esters is 1. The summed E-state index contributed by atoms with van der Waals surface area (Å²) in [6.45, 7) is 4.00. The molecule has 1 aromatic rings. The molecule has 4 nitrogen and oxygen atoms in total. The van der Waals surface area contributed by atoms with Gasteiger partial charge in [0.05, 0.1) is 18.6 Å². The molecule has 0 saturated carbocycles. The number of ether oxygens (including phenoxy) is 1. The quantitative estimate of drug-likeness (QED) is 0.597. The van der Waals surface area contributed by atoms with Gasteiger partial charge in [0.2, 0.25) is 11.7 Å². The molecule has 0 aromatic carbocycles. The lowest BCUT2D eigenvalue weighted by Crippen LogP contribution is -1.98. The summed E-state index contributed by atoms with van der Waals surface area (Å²) < 4.78 is 9.36. The van der Waals surface area contributed by atoms with Crippen molar-refractivity contribution in [2.45, 2.75) is 19.2 Å². The molecule has 0 aliphatic rings. The first kappa shape index (κ1) is 12.2. The number of halogens is 1. The number of oxazole rings is 1. The van der Waals surface area contributed by atoms with Crippen LogP contribution in [-0.4, -0.2) is 18.1 Å². The second kappa shape index (κ2) is 6.65. The molecule has 0 bridgehead atoms. The zero-order chi connectivity index (χ0) is 10.3. The highest BCUT2D eigenvalue weighted by molar-refractivity contribution is 9.08. The lowest BCUT2D eigenvalue weighted by Gasteiger charge is -1.90. The van der Waals surface area contributed by atoms with E-state index in [1.807, 2.05) is 13.8 Å². The topological polar surface area (TPSA) is 52.3 Å². The fourth-order valence-corrected chi connectivity index (χ4v) is 0.826. The molecular weight excluding hydrogens is 238 g/mol. The molecule has 5 heteroatoms. The number of methoxy groups -OCH3 is 1. The van der Waals surface area contributed by atoms with Gasteiger partial charge in [0, 0.05) is 0 Å². The second-order valence-corrected chi connectivity index (χ2v) is 2.30. The smallest absolute Gasteiger partial charge is 0.375 e. The fraction of sp³-hybridized carbons (Fsp3) is 0.500. The minimum absolute atomic E-state index is 0.127. The third kappa shape index (κ3) is 3.59. The van der Waals surface area contributed by atoms with Gasteiger partial charge in [0.1, 0.15) is 0 Å². The van der Waals surface area contributed by atoms with Gasteiger partial charge < -0.3 is 9.15 Å². The Morgan fingerprint density at radius 2 is 2.31 bits per heavy atom. The maximum atomic E-state index is 10.8. The first-order chi connectivity index (χ1) is 6.27. The summed E-state index contributed by atoms with van der Waals surface area (Å²) in [7, 11) is 1.29. The highest BCUT2D eigenvalue weighted by Gasteiger charge is 2.10. The average Bonchev–Trinajstić information content (AvgIpc) is 2.68. The van der Waals surface area contributed by atoms with Gasteiger partial charge in [-0.25, -0.2) is 9.78 Å². The van der Waals surface area contributed by atoms with Gasteiger partial charge in [-0.05, 0) is 0 Å². The zero-order valence-corrected chi connectivity index (χ0v) is 9.42. The molecule has 1 rings (SSSR count). The van der Waals surface area contributed by atoms with Crippen molar-refractivity contribution in [2.24, 2.45) is 0 Å². The molecule has 1 heterocycles. The van der Waals surface area contributed by atoms with Crippen LogP contribution in [0.2, 0.25) is 0 Å². The van der Waals surface area contributed by atoms with E-state index in [0.717, 1.165) is 0 Å². The first-order valence-electron chi connectivity index (χ1n) is 3.87. The minimum atomic E-state index is -0.510. The van der Waals surface area contributed by atoms with Crippen LogP contribution in [0.25, 0.3) is 0 Å². The number of rotatable bonds is 2. The summed E-state index contributed by atoms with van der Waals surface area (Å²) in [4.78, 5) is 14.6. The van der Waals surface area contributed by atoms with Crippen molar-refractivity contribution in [1.29, 1.82) is 0 Å². The number of hydrogen-bond donors (Lipinski definition) is 0. The van der Waals surface area contributed by atoms with E-state index in [1.54, 1.807) is 0 Å². The number of nitrogens with zero attached hydrogens (tertiary/aromatic N) is 1. The predicted molar refractivity (Wildman–Crippen MR) is 51.8 cm³/mol. The Hall–Kier alpha value is -0.840. The van der Waals surface area contributed by atoms with Crippen LogP contribution in [0.15, 0.2) is 10.6 Å². The van der Waals surface area contributed by atoms with Gasteiger partial charge in [0.25, 0.3) is 0 Å². The van der Waals surface area contributed by atoms with Crippen LogP contribution in [-0.2, 0) is 10.1 Å². The first-order valence-corrected chi connectivity index (χ1v) is 4.99. The summed E-state index contributed by atoms with van der Waals surface area (Å²) >= 11 is 3.13. The van der Waals surface area contributed by atoms with Crippen LogP contribution < -0.4 is 0 Å². The lowest BCUT2D eigenvalue weighted by atomic mass is 10.5. The van der Waals surface area contributed by atoms with Crippen LogP contribution in [0.4, 0.5) is 0 Å². The van der Waals surface area contributed by atoms with E-state index in [2.05, 4.69) is 25.7 Å². The van der Waals surface area contributed by atoms with Crippen molar-refractivity contribution in [1.82, 2.24) is 4.98 Å². The molecule has 0 fully saturated rings. The number of carbonyl (C=O) groups is 1. The van der Waals surface area contributed by atoms with Gasteiger partial charge in [-0.15, -0.1) is 0 Å². The van der Waals surface area contributed by atoms with E-state index in [9.17, 15) is 4.79 Å². The minimum Gasteiger partial charge on any atom is -0.463 e. The van der Waals surface area contributed by atoms with Crippen molar-refractivity contribution in [2.75, 3.05) is 7.11 Å². The number of aromatic nitrogens is 1. The summed E-state index contributed by atoms with van der Waals surface area (Å²) in [5, 5.41) is 0.490. The van der Waals surface area contributed by atoms with Gasteiger partial charge in [-0.1, -0.05) is 29.8 Å². The van der Waals surface area contributed by atoms with E-state index in [1.165, 1.54) is 13.3 Å². The molecule has 13 heavy (non-hydrogen) atoms. The molecule has 74 valence electrons. The van der Waals surface area contributed by atoms with Gasteiger partial charge in [-0.2, -0.15) is 0 Å². The zero-order valence-electron chi connectivity index (χ0n) is 7.83. The van der Waals surface area contributed by atoms with Gasteiger partial charge in [0.15, 0.2) is 0 Å². The Balaban J connectivity index is 0.000000671. The molecule has 0 radical (unpaired) electrons. The van der Waals surface area contributed by atoms with Crippen molar-refractivity contribution < 1.29 is 13.9 Å². The summed E-state index contributed by atoms with van der Waals surface area (Å²) in [6.07, 6.45) is 1.34. The summed E-state index contributed by atoms with van der Waals surface area (Å²) in [5.41, 5.74) is 0. The Morgan fingerprint density at radius 1 is 1.69 bits per heavy atom. The second-order valence-electron chi connectivity index (χ2n) is 1.74. The van der Waals surface area contributed by atoms with Crippen molar-refractivity contribution in [3.8, 4) is 0 Å². The maximum Gasteiger partial charge on any atom is 0.375 e. The molecule has 0 aliphatic heterocycles. The molecule has 0 amide bonds. The third-order valence-corrected chi connectivity index (χ3v) is 1.53. The monoisotopic (exact) mass is 249 g/mol. The highest BCUT2D eigenvalue weighted by atomic mass is 79.9. The van der Waals surface area contributed by atoms with E-state index in [4.69, 9.17) is 4.42 Å². The number of alkyl halides is 1. The molecule has 0 unspecified atom stereocenters. The van der Waals surface area contributed by atoms with E-state index >= 15 is 0 Å². The van der Waals surface area contributed by atoms with Crippen LogP contribution in [0, 0.1) is 0 Å². The summed E-state index contributed by atoms with van der Waals surface area (Å²) in [5.74, 6) is 0.0806. The lowest BCUT2D eigenvalue weighted by molar-refractivity contribution is 0.0563. The Morgan fingerprint density at radius 3 is 2.69 bits per heavy atom. The van der Waals surface area contributed by atoms with Crippen LogP contribution in [0.3, 0.4) is 0 Å². The van der Waals surface area contributed by atoms with Crippen LogP contribution in [0.5, 0.6) is 0 Å². The average molecular weight is 250 g/mol. The highest BCUT2D eigenvalue weighted by Crippen LogP contribution is 2.07. The molecule has 1 aromatic heterocycles. The largest absolute Gasteiger partial charge is 0.463 e. The van der Waals surface area contributed by atoms with Crippen LogP contribution >= 0.6 is 15.9 Å². The van der Waals surface area contributed by atoms with Crippen molar-refractivity contribution in [3.05, 3.63) is 17.8 Å². The van der Waals surface area contributed by atoms with E-state index < -0.39 is 5.97 Å². The molecule has 0 N–H and O–H groups in total. The normalized spacial score (nSPS) is 8.62. The SMILES string of the molecule is CC.COC(=O)c1cnc(CBr)o1. The number of carbonyl (C=O) groups excluding carboxylic acids is 1. The number of hydrogen-bond acceptors (Lipinski definition) is 4. The van der Waals surface area contributed by atoms with Crippen molar-refractivity contribution >= 4 is 21.9 Å². The molecule has 0 spiro atoms. The van der Waals surface area contributed by atoms with Crippen LogP contribution in [0.1, 0.15) is 30.3 Å². The Labute approximate surface area is 85.4 Å². The Bertz CT molecular complexity index is 260. The van der Waals surface area contributed by atoms with Gasteiger partial charge in [-0.3, -0.25) is 0 Å². The molecule has 0 atom stereocenters.